The van der Waals surface area contributed by atoms with Crippen molar-refractivity contribution < 1.29 is 14.3 Å². The van der Waals surface area contributed by atoms with Crippen LogP contribution >= 0.6 is 0 Å². The Morgan fingerprint density at radius 1 is 1.30 bits per heavy atom. The van der Waals surface area contributed by atoms with E-state index in [1.807, 2.05) is 34.6 Å². The van der Waals surface area contributed by atoms with Gasteiger partial charge in [0.1, 0.15) is 11.4 Å². The summed E-state index contributed by atoms with van der Waals surface area (Å²) < 4.78 is 5.47. The summed E-state index contributed by atoms with van der Waals surface area (Å²) in [6.45, 7) is 10.4. The van der Waals surface area contributed by atoms with Crippen molar-refractivity contribution in [2.75, 3.05) is 6.54 Å². The Labute approximate surface area is 121 Å². The molecule has 2 atom stereocenters. The lowest BCUT2D eigenvalue weighted by atomic mass is 9.86. The van der Waals surface area contributed by atoms with Crippen LogP contribution in [0, 0.1) is 11.3 Å². The average Bonchev–Trinajstić information content (AvgIpc) is 2.83. The van der Waals surface area contributed by atoms with Crippen LogP contribution in [0.2, 0.25) is 0 Å². The Bertz CT molecular complexity index is 408. The minimum absolute atomic E-state index is 0.0000170. The molecule has 1 saturated heterocycles. The predicted octanol–water partition coefficient (Wildman–Crippen LogP) is 3.39. The summed E-state index contributed by atoms with van der Waals surface area (Å²) in [6, 6.07) is 0.0409. The summed E-state index contributed by atoms with van der Waals surface area (Å²) in [4.78, 5) is 26.6. The molecular weight excluding hydrogens is 254 g/mol. The van der Waals surface area contributed by atoms with Gasteiger partial charge in [0.05, 0.1) is 0 Å². The van der Waals surface area contributed by atoms with E-state index in [4.69, 9.17) is 4.74 Å². The van der Waals surface area contributed by atoms with Gasteiger partial charge in [-0.2, -0.15) is 0 Å². The highest BCUT2D eigenvalue weighted by Crippen LogP contribution is 2.42. The average molecular weight is 281 g/mol. The molecule has 20 heavy (non-hydrogen) atoms. The summed E-state index contributed by atoms with van der Waals surface area (Å²) in [5.74, 6) is 0.318. The van der Waals surface area contributed by atoms with Crippen molar-refractivity contribution in [2.45, 2.75) is 71.9 Å². The van der Waals surface area contributed by atoms with Crippen LogP contribution in [0.15, 0.2) is 0 Å². The fourth-order valence-corrected chi connectivity index (χ4v) is 3.40. The molecule has 0 radical (unpaired) electrons. The van der Waals surface area contributed by atoms with E-state index in [2.05, 4.69) is 0 Å². The number of likely N-dealkylation sites (tertiary alicyclic amines) is 1. The van der Waals surface area contributed by atoms with Crippen molar-refractivity contribution in [3.8, 4) is 0 Å². The van der Waals surface area contributed by atoms with Crippen molar-refractivity contribution in [3.63, 3.8) is 0 Å². The second-order valence-electron chi connectivity index (χ2n) is 7.78. The maximum Gasteiger partial charge on any atom is 0.410 e. The van der Waals surface area contributed by atoms with Crippen molar-refractivity contribution in [3.05, 3.63) is 0 Å². The molecule has 0 bridgehead atoms. The van der Waals surface area contributed by atoms with Crippen LogP contribution in [-0.4, -0.2) is 35.0 Å². The molecule has 0 aromatic heterocycles. The summed E-state index contributed by atoms with van der Waals surface area (Å²) in [5.41, 5.74) is -0.712. The van der Waals surface area contributed by atoms with Gasteiger partial charge in [-0.05, 0) is 46.5 Å². The highest BCUT2D eigenvalue weighted by atomic mass is 16.6. The zero-order chi connectivity index (χ0) is 15.1. The summed E-state index contributed by atoms with van der Waals surface area (Å²) in [6.07, 6.45) is 3.45. The second kappa shape index (κ2) is 5.05. The Hall–Kier alpha value is -1.06. The van der Waals surface area contributed by atoms with E-state index in [0.29, 0.717) is 12.3 Å². The quantitative estimate of drug-likeness (QED) is 0.740. The molecule has 1 heterocycles. The number of hydrogen-bond acceptors (Lipinski definition) is 3. The zero-order valence-corrected chi connectivity index (χ0v) is 13.4. The van der Waals surface area contributed by atoms with Gasteiger partial charge in [-0.25, -0.2) is 4.79 Å². The van der Waals surface area contributed by atoms with E-state index in [1.165, 1.54) is 0 Å². The molecule has 1 aliphatic heterocycles. The predicted molar refractivity (Wildman–Crippen MR) is 77.5 cm³/mol. The number of carbonyl (C=O) groups excluding carboxylic acids is 2. The molecule has 4 nitrogen and oxygen atoms in total. The molecule has 2 rings (SSSR count). The number of Topliss-reactive ketones (excluding diaryl/α,β-unsaturated/α-hetero) is 1. The lowest BCUT2D eigenvalue weighted by molar-refractivity contribution is -0.128. The molecule has 0 aromatic rings. The van der Waals surface area contributed by atoms with Gasteiger partial charge < -0.3 is 9.64 Å². The third-order valence-electron chi connectivity index (χ3n) is 4.48. The maximum atomic E-state index is 12.5. The molecule has 2 aliphatic rings. The highest BCUT2D eigenvalue weighted by Gasteiger charge is 2.48. The number of hydrogen-bond donors (Lipinski definition) is 0. The minimum Gasteiger partial charge on any atom is -0.444 e. The lowest BCUT2D eigenvalue weighted by Gasteiger charge is -2.31. The van der Waals surface area contributed by atoms with Crippen LogP contribution in [0.1, 0.15) is 60.3 Å². The van der Waals surface area contributed by atoms with Crippen LogP contribution < -0.4 is 0 Å². The number of amides is 1. The van der Waals surface area contributed by atoms with Gasteiger partial charge in [-0.1, -0.05) is 13.8 Å². The van der Waals surface area contributed by atoms with Gasteiger partial charge in [-0.15, -0.1) is 0 Å². The van der Waals surface area contributed by atoms with E-state index < -0.39 is 5.60 Å². The van der Waals surface area contributed by atoms with Crippen molar-refractivity contribution in [1.82, 2.24) is 4.90 Å². The first kappa shape index (κ1) is 15.3. The topological polar surface area (TPSA) is 46.6 Å². The molecule has 0 aromatic carbocycles. The first-order chi connectivity index (χ1) is 9.12. The smallest absolute Gasteiger partial charge is 0.410 e. The molecule has 0 spiro atoms. The molecule has 1 amide bonds. The molecule has 0 N–H and O–H groups in total. The molecule has 114 valence electrons. The van der Waals surface area contributed by atoms with Crippen molar-refractivity contribution >= 4 is 11.9 Å². The van der Waals surface area contributed by atoms with E-state index in [9.17, 15) is 9.59 Å². The van der Waals surface area contributed by atoms with Gasteiger partial charge in [0.2, 0.25) is 0 Å². The number of ether oxygens (including phenoxy) is 1. The molecular formula is C16H27NO3. The minimum atomic E-state index is -0.483. The maximum absolute atomic E-state index is 12.5. The second-order valence-corrected chi connectivity index (χ2v) is 7.78. The third kappa shape index (κ3) is 2.99. The SMILES string of the molecule is CC(C)(C)OC(=O)N1CCCC1C1CCC(C)(C)C1=O. The van der Waals surface area contributed by atoms with Gasteiger partial charge in [-0.3, -0.25) is 4.79 Å². The number of carbonyl (C=O) groups is 2. The largest absolute Gasteiger partial charge is 0.444 e. The van der Waals surface area contributed by atoms with E-state index >= 15 is 0 Å². The Morgan fingerprint density at radius 3 is 2.45 bits per heavy atom. The van der Waals surface area contributed by atoms with Gasteiger partial charge in [0, 0.05) is 23.9 Å². The standard InChI is InChI=1S/C16H27NO3/c1-15(2,3)20-14(19)17-10-6-7-12(17)11-8-9-16(4,5)13(11)18/h11-12H,6-10H2,1-5H3. The van der Waals surface area contributed by atoms with Gasteiger partial charge >= 0.3 is 6.09 Å². The van der Waals surface area contributed by atoms with E-state index in [-0.39, 0.29) is 23.5 Å². The first-order valence-corrected chi connectivity index (χ1v) is 7.66. The molecule has 2 fully saturated rings. The molecule has 1 saturated carbocycles. The third-order valence-corrected chi connectivity index (χ3v) is 4.48. The zero-order valence-electron chi connectivity index (χ0n) is 13.4. The monoisotopic (exact) mass is 281 g/mol. The molecule has 1 aliphatic carbocycles. The summed E-state index contributed by atoms with van der Waals surface area (Å²) >= 11 is 0. The van der Waals surface area contributed by atoms with E-state index in [1.54, 1.807) is 4.90 Å². The fraction of sp³-hybridized carbons (Fsp3) is 0.875. The lowest BCUT2D eigenvalue weighted by Crippen LogP contribution is -2.44. The summed E-state index contributed by atoms with van der Waals surface area (Å²) in [7, 11) is 0. The van der Waals surface area contributed by atoms with Crippen LogP contribution in [-0.2, 0) is 9.53 Å². The van der Waals surface area contributed by atoms with Crippen LogP contribution in [0.5, 0.6) is 0 Å². The van der Waals surface area contributed by atoms with Gasteiger partial charge in [0.15, 0.2) is 0 Å². The highest BCUT2D eigenvalue weighted by molar-refractivity contribution is 5.89. The number of rotatable bonds is 1. The number of ketones is 1. The van der Waals surface area contributed by atoms with Gasteiger partial charge in [0.25, 0.3) is 0 Å². The van der Waals surface area contributed by atoms with E-state index in [0.717, 1.165) is 25.7 Å². The fourth-order valence-electron chi connectivity index (χ4n) is 3.40. The molecule has 2 unspecified atom stereocenters. The van der Waals surface area contributed by atoms with Crippen molar-refractivity contribution in [2.24, 2.45) is 11.3 Å². The Morgan fingerprint density at radius 2 is 1.95 bits per heavy atom. The Kier molecular flexibility index (Phi) is 3.87. The van der Waals surface area contributed by atoms with Crippen LogP contribution in [0.4, 0.5) is 4.79 Å². The Balaban J connectivity index is 2.09. The van der Waals surface area contributed by atoms with Crippen LogP contribution in [0.25, 0.3) is 0 Å². The summed E-state index contributed by atoms with van der Waals surface area (Å²) in [5, 5.41) is 0. The van der Waals surface area contributed by atoms with Crippen LogP contribution in [0.3, 0.4) is 0 Å². The van der Waals surface area contributed by atoms with Crippen molar-refractivity contribution in [1.29, 1.82) is 0 Å². The number of nitrogens with zero attached hydrogens (tertiary/aromatic N) is 1. The molecule has 4 heteroatoms. The normalized spacial score (nSPS) is 29.9. The first-order valence-electron chi connectivity index (χ1n) is 7.66.